The maximum atomic E-state index is 13.1. The third-order valence-corrected chi connectivity index (χ3v) is 4.48. The van der Waals surface area contributed by atoms with Crippen LogP contribution in [0.3, 0.4) is 0 Å². The van der Waals surface area contributed by atoms with Crippen molar-refractivity contribution in [2.45, 2.75) is 6.92 Å². The fourth-order valence-electron chi connectivity index (χ4n) is 3.25. The molecule has 4 rings (SSSR count). The average molecular weight is 360 g/mol. The van der Waals surface area contributed by atoms with Crippen molar-refractivity contribution in [3.05, 3.63) is 58.8 Å². The molecule has 1 aromatic heterocycles. The van der Waals surface area contributed by atoms with Gasteiger partial charge in [0.25, 0.3) is 0 Å². The standard InChI is InChI=1S/C21H16N2O4/c1-12-19(15-5-3-4-6-16(15)23-12)20(24)14(10-22)7-13-8-17(25-2)21-18(9-13)26-11-27-21/h3-9,23H,11H2,1-2H3/b14-7+. The van der Waals surface area contributed by atoms with Crippen molar-refractivity contribution in [1.29, 1.82) is 5.26 Å². The number of para-hydroxylation sites is 1. The van der Waals surface area contributed by atoms with E-state index >= 15 is 0 Å². The first kappa shape index (κ1) is 16.7. The minimum Gasteiger partial charge on any atom is -0.493 e. The number of nitriles is 1. The zero-order chi connectivity index (χ0) is 19.0. The molecule has 2 heterocycles. The quantitative estimate of drug-likeness (QED) is 0.432. The second-order valence-electron chi connectivity index (χ2n) is 6.13. The van der Waals surface area contributed by atoms with Gasteiger partial charge >= 0.3 is 0 Å². The Balaban J connectivity index is 1.79. The lowest BCUT2D eigenvalue weighted by Gasteiger charge is -2.06. The van der Waals surface area contributed by atoms with E-state index < -0.39 is 0 Å². The largest absolute Gasteiger partial charge is 0.493 e. The summed E-state index contributed by atoms with van der Waals surface area (Å²) in [5.74, 6) is 1.20. The van der Waals surface area contributed by atoms with Crippen molar-refractivity contribution in [3.63, 3.8) is 0 Å². The first-order valence-electron chi connectivity index (χ1n) is 8.34. The number of aromatic nitrogens is 1. The van der Waals surface area contributed by atoms with Crippen molar-refractivity contribution >= 4 is 22.8 Å². The number of nitrogens with one attached hydrogen (secondary N) is 1. The fourth-order valence-corrected chi connectivity index (χ4v) is 3.25. The second kappa shape index (κ2) is 6.54. The highest BCUT2D eigenvalue weighted by Crippen LogP contribution is 2.42. The fraction of sp³-hybridized carbons (Fsp3) is 0.143. The number of Topliss-reactive ketones (excluding diaryl/α,β-unsaturated/α-hetero) is 1. The van der Waals surface area contributed by atoms with E-state index in [-0.39, 0.29) is 18.1 Å². The summed E-state index contributed by atoms with van der Waals surface area (Å²) in [6.45, 7) is 1.93. The summed E-state index contributed by atoms with van der Waals surface area (Å²) in [6, 6.07) is 13.0. The summed E-state index contributed by atoms with van der Waals surface area (Å²) >= 11 is 0. The van der Waals surface area contributed by atoms with E-state index in [0.717, 1.165) is 16.6 Å². The van der Waals surface area contributed by atoms with E-state index in [0.29, 0.717) is 28.4 Å². The van der Waals surface area contributed by atoms with Crippen LogP contribution in [-0.2, 0) is 0 Å². The number of carbonyl (C=O) groups is 1. The molecule has 0 saturated heterocycles. The van der Waals surface area contributed by atoms with Gasteiger partial charge in [0, 0.05) is 16.6 Å². The zero-order valence-electron chi connectivity index (χ0n) is 14.8. The number of aromatic amines is 1. The molecule has 1 aliphatic rings. The molecule has 134 valence electrons. The SMILES string of the molecule is COc1cc(/C=C(\C#N)C(=O)c2c(C)[nH]c3ccccc23)cc2c1OCO2. The van der Waals surface area contributed by atoms with Crippen molar-refractivity contribution in [1.82, 2.24) is 4.98 Å². The van der Waals surface area contributed by atoms with Crippen LogP contribution in [0.1, 0.15) is 21.6 Å². The lowest BCUT2D eigenvalue weighted by molar-refractivity contribution is 0.104. The number of allylic oxidation sites excluding steroid dienone is 1. The van der Waals surface area contributed by atoms with E-state index in [2.05, 4.69) is 4.98 Å². The van der Waals surface area contributed by atoms with Crippen LogP contribution in [0.5, 0.6) is 17.2 Å². The molecule has 0 unspecified atom stereocenters. The lowest BCUT2D eigenvalue weighted by atomic mass is 9.99. The van der Waals surface area contributed by atoms with E-state index in [1.807, 2.05) is 37.3 Å². The van der Waals surface area contributed by atoms with Gasteiger partial charge in [0.15, 0.2) is 11.5 Å². The molecule has 0 aliphatic carbocycles. The van der Waals surface area contributed by atoms with Gasteiger partial charge in [0.1, 0.15) is 11.6 Å². The van der Waals surface area contributed by atoms with Gasteiger partial charge in [0.05, 0.1) is 12.7 Å². The second-order valence-corrected chi connectivity index (χ2v) is 6.13. The van der Waals surface area contributed by atoms with Gasteiger partial charge in [0.2, 0.25) is 18.3 Å². The Morgan fingerprint density at radius 2 is 2.11 bits per heavy atom. The summed E-state index contributed by atoms with van der Waals surface area (Å²) in [5.41, 5.74) is 2.75. The molecule has 3 aromatic rings. The molecule has 2 aromatic carbocycles. The first-order valence-corrected chi connectivity index (χ1v) is 8.34. The molecule has 0 amide bonds. The van der Waals surface area contributed by atoms with Gasteiger partial charge in [-0.1, -0.05) is 18.2 Å². The van der Waals surface area contributed by atoms with Crippen molar-refractivity contribution < 1.29 is 19.0 Å². The van der Waals surface area contributed by atoms with Crippen LogP contribution in [0.4, 0.5) is 0 Å². The van der Waals surface area contributed by atoms with Crippen molar-refractivity contribution in [3.8, 4) is 23.3 Å². The number of methoxy groups -OCH3 is 1. The van der Waals surface area contributed by atoms with Crippen LogP contribution < -0.4 is 14.2 Å². The number of hydrogen-bond donors (Lipinski definition) is 1. The van der Waals surface area contributed by atoms with Gasteiger partial charge in [-0.05, 0) is 36.8 Å². The van der Waals surface area contributed by atoms with Crippen LogP contribution in [0, 0.1) is 18.3 Å². The Bertz CT molecular complexity index is 1140. The molecule has 1 aliphatic heterocycles. The predicted molar refractivity (Wildman–Crippen MR) is 100 cm³/mol. The number of aryl methyl sites for hydroxylation is 1. The molecular weight excluding hydrogens is 344 g/mol. The Hall–Kier alpha value is -3.72. The smallest absolute Gasteiger partial charge is 0.231 e. The number of carbonyl (C=O) groups excluding carboxylic acids is 1. The van der Waals surface area contributed by atoms with E-state index in [1.54, 1.807) is 12.1 Å². The highest BCUT2D eigenvalue weighted by molar-refractivity contribution is 6.20. The van der Waals surface area contributed by atoms with Gasteiger partial charge < -0.3 is 19.2 Å². The zero-order valence-corrected chi connectivity index (χ0v) is 14.8. The van der Waals surface area contributed by atoms with E-state index in [1.165, 1.54) is 13.2 Å². The summed E-state index contributed by atoms with van der Waals surface area (Å²) < 4.78 is 16.1. The molecule has 0 atom stereocenters. The number of rotatable bonds is 4. The normalized spacial score (nSPS) is 12.9. The number of ketones is 1. The molecule has 0 fully saturated rings. The summed E-state index contributed by atoms with van der Waals surface area (Å²) in [6.07, 6.45) is 1.54. The highest BCUT2D eigenvalue weighted by Gasteiger charge is 2.22. The molecular formula is C21H16N2O4. The molecule has 0 radical (unpaired) electrons. The minimum atomic E-state index is -0.330. The Morgan fingerprint density at radius 3 is 2.89 bits per heavy atom. The minimum absolute atomic E-state index is 0.0313. The first-order chi connectivity index (χ1) is 13.1. The number of H-pyrrole nitrogens is 1. The number of nitrogens with zero attached hydrogens (tertiary/aromatic N) is 1. The van der Waals surface area contributed by atoms with Gasteiger partial charge in [-0.25, -0.2) is 0 Å². The molecule has 6 heteroatoms. The molecule has 1 N–H and O–H groups in total. The number of ether oxygens (including phenoxy) is 3. The Labute approximate surface area is 155 Å². The lowest BCUT2D eigenvalue weighted by Crippen LogP contribution is -2.03. The Morgan fingerprint density at radius 1 is 1.30 bits per heavy atom. The van der Waals surface area contributed by atoms with Gasteiger partial charge in [-0.15, -0.1) is 0 Å². The summed E-state index contributed by atoms with van der Waals surface area (Å²) in [5, 5.41) is 10.4. The van der Waals surface area contributed by atoms with Crippen LogP contribution in [-0.4, -0.2) is 24.7 Å². The number of hydrogen-bond acceptors (Lipinski definition) is 5. The van der Waals surface area contributed by atoms with Crippen LogP contribution >= 0.6 is 0 Å². The predicted octanol–water partition coefficient (Wildman–Crippen LogP) is 4.00. The van der Waals surface area contributed by atoms with Gasteiger partial charge in [-0.2, -0.15) is 5.26 Å². The van der Waals surface area contributed by atoms with Crippen LogP contribution in [0.15, 0.2) is 42.0 Å². The van der Waals surface area contributed by atoms with E-state index in [4.69, 9.17) is 14.2 Å². The highest BCUT2D eigenvalue weighted by atomic mass is 16.7. The maximum absolute atomic E-state index is 13.1. The third-order valence-electron chi connectivity index (χ3n) is 4.48. The monoisotopic (exact) mass is 360 g/mol. The third kappa shape index (κ3) is 2.79. The van der Waals surface area contributed by atoms with Crippen LogP contribution in [0.2, 0.25) is 0 Å². The number of benzene rings is 2. The average Bonchev–Trinajstić information content (AvgIpc) is 3.28. The topological polar surface area (TPSA) is 84.3 Å². The molecule has 6 nitrogen and oxygen atoms in total. The van der Waals surface area contributed by atoms with Crippen molar-refractivity contribution in [2.24, 2.45) is 0 Å². The molecule has 0 saturated carbocycles. The molecule has 27 heavy (non-hydrogen) atoms. The summed E-state index contributed by atoms with van der Waals surface area (Å²) in [7, 11) is 1.52. The molecule has 0 bridgehead atoms. The maximum Gasteiger partial charge on any atom is 0.231 e. The Kier molecular flexibility index (Phi) is 4.05. The molecule has 0 spiro atoms. The van der Waals surface area contributed by atoms with E-state index in [9.17, 15) is 10.1 Å². The summed E-state index contributed by atoms with van der Waals surface area (Å²) in [4.78, 5) is 16.3. The number of fused-ring (bicyclic) bond motifs is 2. The van der Waals surface area contributed by atoms with Crippen LogP contribution in [0.25, 0.3) is 17.0 Å². The van der Waals surface area contributed by atoms with Gasteiger partial charge in [-0.3, -0.25) is 4.79 Å². The van der Waals surface area contributed by atoms with Crippen molar-refractivity contribution in [2.75, 3.05) is 13.9 Å².